The molecule has 2 nitrogen and oxygen atoms in total. The van der Waals surface area contributed by atoms with Crippen LogP contribution in [-0.2, 0) is 0 Å². The summed E-state index contributed by atoms with van der Waals surface area (Å²) in [5, 5.41) is 2.17. The third-order valence-corrected chi connectivity index (χ3v) is 4.91. The molecule has 3 aromatic rings. The van der Waals surface area contributed by atoms with Crippen LogP contribution in [0.1, 0.15) is 16.1 Å². The van der Waals surface area contributed by atoms with Crippen molar-refractivity contribution in [2.24, 2.45) is 0 Å². The summed E-state index contributed by atoms with van der Waals surface area (Å²) in [6, 6.07) is 2.19. The number of fused-ring (bicyclic) bond motifs is 1. The highest BCUT2D eigenvalue weighted by Crippen LogP contribution is 2.29. The summed E-state index contributed by atoms with van der Waals surface area (Å²) in [5.74, 6) is 0. The lowest BCUT2D eigenvalue weighted by atomic mass is 10.3. The molecule has 0 aliphatic rings. The number of hydrogen-bond acceptors (Lipinski definition) is 3. The van der Waals surface area contributed by atoms with E-state index in [1.165, 1.54) is 21.0 Å². The van der Waals surface area contributed by atoms with Crippen LogP contribution in [0.15, 0.2) is 17.6 Å². The van der Waals surface area contributed by atoms with E-state index in [4.69, 9.17) is 0 Å². The Kier molecular flexibility index (Phi) is 2.16. The van der Waals surface area contributed by atoms with Crippen LogP contribution in [0.2, 0.25) is 0 Å². The van der Waals surface area contributed by atoms with Gasteiger partial charge >= 0.3 is 0 Å². The van der Waals surface area contributed by atoms with Crippen molar-refractivity contribution >= 4 is 27.6 Å². The lowest BCUT2D eigenvalue weighted by Gasteiger charge is -1.90. The molecule has 0 spiro atoms. The zero-order valence-corrected chi connectivity index (χ0v) is 11.1. The lowest BCUT2D eigenvalue weighted by molar-refractivity contribution is 1.11. The Morgan fingerprint density at radius 2 is 2.06 bits per heavy atom. The Morgan fingerprint density at radius 3 is 2.69 bits per heavy atom. The van der Waals surface area contributed by atoms with Crippen LogP contribution in [-0.4, -0.2) is 9.38 Å². The van der Waals surface area contributed by atoms with Crippen molar-refractivity contribution in [1.82, 2.24) is 9.38 Å². The first-order valence-corrected chi connectivity index (χ1v) is 6.85. The standard InChI is InChI=1S/C12H12N2S2/c1-7-4-11(15-6-7)10-5-14-8(2)9(3)16-12(14)13-10/h4-6H,1-3H3. The van der Waals surface area contributed by atoms with Crippen LogP contribution >= 0.6 is 22.7 Å². The number of aromatic nitrogens is 2. The first kappa shape index (κ1) is 10.1. The highest BCUT2D eigenvalue weighted by atomic mass is 32.1. The number of thiophene rings is 1. The summed E-state index contributed by atoms with van der Waals surface area (Å²) in [6.07, 6.45) is 2.14. The van der Waals surface area contributed by atoms with E-state index in [-0.39, 0.29) is 0 Å². The van der Waals surface area contributed by atoms with E-state index in [2.05, 4.69) is 47.8 Å². The van der Waals surface area contributed by atoms with Crippen LogP contribution in [0.3, 0.4) is 0 Å². The number of aryl methyl sites for hydroxylation is 3. The number of hydrogen-bond donors (Lipinski definition) is 0. The predicted octanol–water partition coefficient (Wildman–Crippen LogP) is 4.05. The van der Waals surface area contributed by atoms with Crippen LogP contribution in [0.5, 0.6) is 0 Å². The quantitative estimate of drug-likeness (QED) is 0.635. The fourth-order valence-corrected chi connectivity index (χ4v) is 3.55. The summed E-state index contributed by atoms with van der Waals surface area (Å²) in [4.78, 5) is 8.36. The second-order valence-electron chi connectivity index (χ2n) is 4.01. The fourth-order valence-electron chi connectivity index (χ4n) is 1.74. The van der Waals surface area contributed by atoms with Crippen molar-refractivity contribution in [2.45, 2.75) is 20.8 Å². The minimum absolute atomic E-state index is 1.09. The van der Waals surface area contributed by atoms with Gasteiger partial charge in [-0.05, 0) is 37.8 Å². The summed E-state index contributed by atoms with van der Waals surface area (Å²) >= 11 is 3.52. The van der Waals surface area contributed by atoms with Gasteiger partial charge in [0.05, 0.1) is 4.88 Å². The van der Waals surface area contributed by atoms with Crippen molar-refractivity contribution in [1.29, 1.82) is 0 Å². The van der Waals surface area contributed by atoms with Gasteiger partial charge in [0.15, 0.2) is 4.96 Å². The maximum atomic E-state index is 4.67. The van der Waals surface area contributed by atoms with Gasteiger partial charge in [-0.1, -0.05) is 0 Å². The molecule has 82 valence electrons. The van der Waals surface area contributed by atoms with E-state index in [1.807, 2.05) is 0 Å². The molecule has 3 aromatic heterocycles. The molecule has 0 radical (unpaired) electrons. The zero-order valence-electron chi connectivity index (χ0n) is 9.44. The predicted molar refractivity (Wildman–Crippen MR) is 70.6 cm³/mol. The van der Waals surface area contributed by atoms with E-state index in [9.17, 15) is 0 Å². The second-order valence-corrected chi connectivity index (χ2v) is 6.10. The molecule has 3 rings (SSSR count). The minimum Gasteiger partial charge on any atom is -0.294 e. The van der Waals surface area contributed by atoms with Crippen molar-refractivity contribution < 1.29 is 0 Å². The smallest absolute Gasteiger partial charge is 0.194 e. The summed E-state index contributed by atoms with van der Waals surface area (Å²) < 4.78 is 2.18. The van der Waals surface area contributed by atoms with Crippen LogP contribution in [0, 0.1) is 20.8 Å². The second kappa shape index (κ2) is 3.43. The zero-order chi connectivity index (χ0) is 11.3. The largest absolute Gasteiger partial charge is 0.294 e. The van der Waals surface area contributed by atoms with E-state index in [1.54, 1.807) is 22.7 Å². The highest BCUT2D eigenvalue weighted by molar-refractivity contribution is 7.17. The van der Waals surface area contributed by atoms with Gasteiger partial charge in [-0.2, -0.15) is 0 Å². The maximum absolute atomic E-state index is 4.67. The van der Waals surface area contributed by atoms with Crippen molar-refractivity contribution in [2.75, 3.05) is 0 Å². The maximum Gasteiger partial charge on any atom is 0.194 e. The number of thiazole rings is 1. The average Bonchev–Trinajstić information content (AvgIpc) is 2.87. The third kappa shape index (κ3) is 1.41. The van der Waals surface area contributed by atoms with Gasteiger partial charge in [0.25, 0.3) is 0 Å². The first-order valence-electron chi connectivity index (χ1n) is 5.16. The molecule has 0 aromatic carbocycles. The SMILES string of the molecule is Cc1csc(-c2cn3c(C)c(C)sc3n2)c1. The molecule has 0 aliphatic heterocycles. The summed E-state index contributed by atoms with van der Waals surface area (Å²) in [5.41, 5.74) is 3.70. The Hall–Kier alpha value is -1.13. The molecule has 0 saturated carbocycles. The Labute approximate surface area is 102 Å². The van der Waals surface area contributed by atoms with Crippen LogP contribution in [0.4, 0.5) is 0 Å². The van der Waals surface area contributed by atoms with E-state index < -0.39 is 0 Å². The molecule has 16 heavy (non-hydrogen) atoms. The lowest BCUT2D eigenvalue weighted by Crippen LogP contribution is -1.81. The summed E-state index contributed by atoms with van der Waals surface area (Å²) in [7, 11) is 0. The Morgan fingerprint density at radius 1 is 1.25 bits per heavy atom. The number of nitrogens with zero attached hydrogens (tertiary/aromatic N) is 2. The molecular formula is C12H12N2S2. The molecule has 0 aliphatic carbocycles. The number of imidazole rings is 1. The molecule has 0 bridgehead atoms. The van der Waals surface area contributed by atoms with Gasteiger partial charge in [-0.15, -0.1) is 22.7 Å². The third-order valence-electron chi connectivity index (χ3n) is 2.77. The summed E-state index contributed by atoms with van der Waals surface area (Å²) in [6.45, 7) is 6.40. The highest BCUT2D eigenvalue weighted by Gasteiger charge is 2.10. The van der Waals surface area contributed by atoms with Crippen LogP contribution in [0.25, 0.3) is 15.5 Å². The normalized spacial score (nSPS) is 11.4. The van der Waals surface area contributed by atoms with Gasteiger partial charge in [-0.3, -0.25) is 4.40 Å². The van der Waals surface area contributed by atoms with Gasteiger partial charge < -0.3 is 0 Å². The average molecular weight is 248 g/mol. The number of rotatable bonds is 1. The molecule has 0 fully saturated rings. The Balaban J connectivity index is 2.19. The van der Waals surface area contributed by atoms with Gasteiger partial charge in [0.2, 0.25) is 0 Å². The van der Waals surface area contributed by atoms with Crippen molar-refractivity contribution in [3.8, 4) is 10.6 Å². The van der Waals surface area contributed by atoms with E-state index in [0.717, 1.165) is 10.7 Å². The first-order chi connectivity index (χ1) is 7.65. The van der Waals surface area contributed by atoms with Gasteiger partial charge in [-0.25, -0.2) is 4.98 Å². The molecule has 0 atom stereocenters. The molecule has 0 unspecified atom stereocenters. The van der Waals surface area contributed by atoms with E-state index >= 15 is 0 Å². The Bertz CT molecular complexity index is 658. The molecular weight excluding hydrogens is 236 g/mol. The molecule has 4 heteroatoms. The van der Waals surface area contributed by atoms with Gasteiger partial charge in [0.1, 0.15) is 5.69 Å². The topological polar surface area (TPSA) is 17.3 Å². The van der Waals surface area contributed by atoms with Crippen molar-refractivity contribution in [3.05, 3.63) is 33.8 Å². The fraction of sp³-hybridized carbons (Fsp3) is 0.250. The molecule has 3 heterocycles. The monoisotopic (exact) mass is 248 g/mol. The van der Waals surface area contributed by atoms with Crippen molar-refractivity contribution in [3.63, 3.8) is 0 Å². The molecule has 0 N–H and O–H groups in total. The van der Waals surface area contributed by atoms with Gasteiger partial charge in [0, 0.05) is 16.8 Å². The van der Waals surface area contributed by atoms with Crippen LogP contribution < -0.4 is 0 Å². The molecule has 0 saturated heterocycles. The molecule has 0 amide bonds. The van der Waals surface area contributed by atoms with E-state index in [0.29, 0.717) is 0 Å². The minimum atomic E-state index is 1.09.